The molecule has 0 unspecified atom stereocenters. The van der Waals surface area contributed by atoms with Crippen molar-refractivity contribution in [2.45, 2.75) is 6.42 Å². The third-order valence-electron chi connectivity index (χ3n) is 5.13. The molecule has 2 aromatic rings. The molecule has 1 fully saturated rings. The Hall–Kier alpha value is -2.82. The second-order valence-corrected chi connectivity index (χ2v) is 7.34. The van der Waals surface area contributed by atoms with Gasteiger partial charge in [-0.15, -0.1) is 12.4 Å². The number of nitrogens with zero attached hydrogens (tertiary/aromatic N) is 5. The number of nitrogens with one attached hydrogen (secondary N) is 1. The first-order valence-electron chi connectivity index (χ1n) is 9.97. The molecule has 1 aliphatic rings. The maximum atomic E-state index is 12.3. The summed E-state index contributed by atoms with van der Waals surface area (Å²) in [5, 5.41) is 12.6. The Labute approximate surface area is 184 Å². The van der Waals surface area contributed by atoms with E-state index >= 15 is 0 Å². The van der Waals surface area contributed by atoms with E-state index in [1.54, 1.807) is 37.3 Å². The second-order valence-electron chi connectivity index (χ2n) is 7.34. The van der Waals surface area contributed by atoms with Crippen molar-refractivity contribution >= 4 is 29.8 Å². The lowest BCUT2D eigenvalue weighted by molar-refractivity contribution is 0.0828. The van der Waals surface area contributed by atoms with Gasteiger partial charge < -0.3 is 15.1 Å². The van der Waals surface area contributed by atoms with Crippen LogP contribution in [-0.2, 0) is 0 Å². The van der Waals surface area contributed by atoms with Crippen LogP contribution in [0, 0.1) is 11.3 Å². The summed E-state index contributed by atoms with van der Waals surface area (Å²) < 4.78 is 0. The predicted molar refractivity (Wildman–Crippen MR) is 122 cm³/mol. The summed E-state index contributed by atoms with van der Waals surface area (Å²) in [4.78, 5) is 22.9. The molecule has 1 aliphatic heterocycles. The summed E-state index contributed by atoms with van der Waals surface area (Å²) in [6.07, 6.45) is 2.67. The van der Waals surface area contributed by atoms with E-state index in [4.69, 9.17) is 0 Å². The minimum absolute atomic E-state index is 0. The highest BCUT2D eigenvalue weighted by Crippen LogP contribution is 2.21. The number of carbonyl (C=O) groups is 1. The van der Waals surface area contributed by atoms with Gasteiger partial charge in [0, 0.05) is 53.0 Å². The van der Waals surface area contributed by atoms with Gasteiger partial charge in [0.25, 0.3) is 5.91 Å². The third-order valence-corrected chi connectivity index (χ3v) is 5.13. The molecule has 1 N–H and O–H groups in total. The zero-order chi connectivity index (χ0) is 20.6. The van der Waals surface area contributed by atoms with Crippen LogP contribution >= 0.6 is 12.4 Å². The van der Waals surface area contributed by atoms with E-state index in [0.717, 1.165) is 56.9 Å². The van der Waals surface area contributed by atoms with E-state index in [1.807, 2.05) is 24.3 Å². The van der Waals surface area contributed by atoms with E-state index in [1.165, 1.54) is 0 Å². The number of anilines is 2. The van der Waals surface area contributed by atoms with Crippen molar-refractivity contribution in [2.24, 2.45) is 0 Å². The van der Waals surface area contributed by atoms with Crippen LogP contribution in [0.25, 0.3) is 0 Å². The van der Waals surface area contributed by atoms with Gasteiger partial charge in [0.05, 0.1) is 16.8 Å². The van der Waals surface area contributed by atoms with E-state index in [0.29, 0.717) is 11.4 Å². The molecule has 1 aromatic heterocycles. The number of amides is 1. The normalized spacial score (nSPS) is 13.8. The zero-order valence-electron chi connectivity index (χ0n) is 17.5. The van der Waals surface area contributed by atoms with Gasteiger partial charge in [-0.25, -0.2) is 4.98 Å². The fourth-order valence-electron chi connectivity index (χ4n) is 3.53. The molecule has 0 radical (unpaired) electrons. The average Bonchev–Trinajstić information content (AvgIpc) is 2.77. The first-order valence-corrected chi connectivity index (χ1v) is 9.97. The van der Waals surface area contributed by atoms with Gasteiger partial charge in [0.2, 0.25) is 0 Å². The van der Waals surface area contributed by atoms with Crippen LogP contribution in [0.3, 0.4) is 0 Å². The van der Waals surface area contributed by atoms with Crippen LogP contribution in [0.4, 0.5) is 11.5 Å². The van der Waals surface area contributed by atoms with Crippen LogP contribution in [0.1, 0.15) is 22.3 Å². The van der Waals surface area contributed by atoms with Gasteiger partial charge >= 0.3 is 0 Å². The fourth-order valence-corrected chi connectivity index (χ4v) is 3.53. The minimum Gasteiger partial charge on any atom is -0.369 e. The Morgan fingerprint density at radius 2 is 1.90 bits per heavy atom. The lowest BCUT2D eigenvalue weighted by Crippen LogP contribution is -2.47. The van der Waals surface area contributed by atoms with Crippen LogP contribution < -0.4 is 10.2 Å². The first-order chi connectivity index (χ1) is 14.1. The van der Waals surface area contributed by atoms with Crippen molar-refractivity contribution in [2.75, 3.05) is 63.6 Å². The molecule has 1 amide bonds. The van der Waals surface area contributed by atoms with Gasteiger partial charge in [0.1, 0.15) is 11.9 Å². The molecule has 1 aromatic carbocycles. The van der Waals surface area contributed by atoms with Gasteiger partial charge in [-0.05, 0) is 37.2 Å². The summed E-state index contributed by atoms with van der Waals surface area (Å²) in [5.41, 5.74) is 2.37. The van der Waals surface area contributed by atoms with Crippen molar-refractivity contribution in [1.29, 1.82) is 5.26 Å². The lowest BCUT2D eigenvalue weighted by atomic mass is 10.1. The van der Waals surface area contributed by atoms with Crippen molar-refractivity contribution in [1.82, 2.24) is 14.8 Å². The molecule has 7 nitrogen and oxygen atoms in total. The van der Waals surface area contributed by atoms with E-state index < -0.39 is 0 Å². The Morgan fingerprint density at radius 3 is 2.60 bits per heavy atom. The molecule has 8 heteroatoms. The molecular weight excluding hydrogens is 400 g/mol. The van der Waals surface area contributed by atoms with Crippen LogP contribution in [0.2, 0.25) is 0 Å². The van der Waals surface area contributed by atoms with Crippen molar-refractivity contribution in [3.8, 4) is 6.07 Å². The smallest absolute Gasteiger partial charge is 0.257 e. The number of carbonyl (C=O) groups excluding carboxylic acids is 1. The molecule has 2 heterocycles. The molecule has 30 heavy (non-hydrogen) atoms. The van der Waals surface area contributed by atoms with Gasteiger partial charge in [-0.2, -0.15) is 5.26 Å². The van der Waals surface area contributed by atoms with E-state index in [-0.39, 0.29) is 18.3 Å². The summed E-state index contributed by atoms with van der Waals surface area (Å²) in [5.74, 6) is 0.596. The van der Waals surface area contributed by atoms with E-state index in [9.17, 15) is 10.1 Å². The number of para-hydroxylation sites is 1. The number of pyridine rings is 1. The largest absolute Gasteiger partial charge is 0.369 e. The molecule has 0 spiro atoms. The monoisotopic (exact) mass is 428 g/mol. The summed E-state index contributed by atoms with van der Waals surface area (Å²) in [7, 11) is 3.49. The van der Waals surface area contributed by atoms with Crippen molar-refractivity contribution in [3.63, 3.8) is 0 Å². The predicted octanol–water partition coefficient (Wildman–Crippen LogP) is 2.70. The third kappa shape index (κ3) is 5.85. The number of halogens is 1. The highest BCUT2D eigenvalue weighted by atomic mass is 35.5. The summed E-state index contributed by atoms with van der Waals surface area (Å²) in [6.45, 7) is 5.57. The molecule has 160 valence electrons. The average molecular weight is 429 g/mol. The lowest BCUT2D eigenvalue weighted by Gasteiger charge is -2.36. The quantitative estimate of drug-likeness (QED) is 0.683. The number of piperazine rings is 1. The second kappa shape index (κ2) is 11.4. The van der Waals surface area contributed by atoms with Crippen molar-refractivity contribution in [3.05, 3.63) is 53.7 Å². The van der Waals surface area contributed by atoms with Crippen LogP contribution in [0.5, 0.6) is 0 Å². The van der Waals surface area contributed by atoms with Gasteiger partial charge in [0.15, 0.2) is 0 Å². The molecular formula is C22H29ClN6O. The summed E-state index contributed by atoms with van der Waals surface area (Å²) in [6, 6.07) is 13.7. The number of aromatic nitrogens is 1. The van der Waals surface area contributed by atoms with Crippen LogP contribution in [0.15, 0.2) is 42.6 Å². The number of benzene rings is 1. The van der Waals surface area contributed by atoms with E-state index in [2.05, 4.69) is 26.2 Å². The standard InChI is InChI=1S/C22H28N6O.ClH/c1-26(2)22(29)19-8-5-10-24-21(19)25-11-6-12-27-13-15-28(16-14-27)20-9-4-3-7-18(20)17-23;/h3-5,7-10H,6,11-16H2,1-2H3,(H,24,25);1H. The Bertz CT molecular complexity index is 874. The number of hydrogen-bond acceptors (Lipinski definition) is 6. The number of nitriles is 1. The highest BCUT2D eigenvalue weighted by molar-refractivity contribution is 5.98. The topological polar surface area (TPSA) is 75.5 Å². The minimum atomic E-state index is -0.0469. The highest BCUT2D eigenvalue weighted by Gasteiger charge is 2.19. The first kappa shape index (κ1) is 23.5. The number of rotatable bonds is 7. The molecule has 0 bridgehead atoms. The SMILES string of the molecule is CN(C)C(=O)c1cccnc1NCCCN1CCN(c2ccccc2C#N)CC1.Cl. The molecule has 3 rings (SSSR count). The van der Waals surface area contributed by atoms with Crippen LogP contribution in [-0.4, -0.2) is 74.1 Å². The maximum absolute atomic E-state index is 12.3. The molecule has 1 saturated heterocycles. The molecule has 0 aliphatic carbocycles. The fraction of sp³-hybridized carbons (Fsp3) is 0.409. The Kier molecular flexibility index (Phi) is 8.90. The van der Waals surface area contributed by atoms with Crippen molar-refractivity contribution < 1.29 is 4.79 Å². The van der Waals surface area contributed by atoms with Gasteiger partial charge in [-0.1, -0.05) is 12.1 Å². The zero-order valence-corrected chi connectivity index (χ0v) is 18.4. The Balaban J connectivity index is 0.00000320. The molecule has 0 atom stereocenters. The molecule has 0 saturated carbocycles. The maximum Gasteiger partial charge on any atom is 0.257 e. The van der Waals surface area contributed by atoms with Gasteiger partial charge in [-0.3, -0.25) is 9.69 Å². The Morgan fingerprint density at radius 1 is 1.17 bits per heavy atom. The number of hydrogen-bond donors (Lipinski definition) is 1. The summed E-state index contributed by atoms with van der Waals surface area (Å²) >= 11 is 0.